The number of imide groups is 1. The SMILES string of the molecule is [B]N1C(=O)S[C@]([B])(Cc2ccc(OCCc3ccc(CC)cn3)cc2)C1=O. The lowest BCUT2D eigenvalue weighted by molar-refractivity contribution is -0.124. The normalized spacial score (nSPS) is 19.5. The van der Waals surface area contributed by atoms with Crippen LogP contribution in [0.3, 0.4) is 0 Å². The zero-order chi connectivity index (χ0) is 19.4. The van der Waals surface area contributed by atoms with Crippen LogP contribution in [-0.2, 0) is 24.1 Å². The number of carbonyl (C=O) groups excluding carboxylic acids is 2. The fraction of sp³-hybridized carbons (Fsp3) is 0.316. The molecule has 1 aromatic carbocycles. The average Bonchev–Trinajstić information content (AvgIpc) is 2.86. The molecule has 1 fully saturated rings. The van der Waals surface area contributed by atoms with Gasteiger partial charge < -0.3 is 9.55 Å². The number of rotatable bonds is 7. The first kappa shape index (κ1) is 19.5. The molecule has 1 atom stereocenters. The molecular weight excluding hydrogens is 358 g/mol. The predicted molar refractivity (Wildman–Crippen MR) is 107 cm³/mol. The molecule has 1 aliphatic rings. The minimum atomic E-state index is -1.36. The monoisotopic (exact) mass is 376 g/mol. The van der Waals surface area contributed by atoms with Crippen LogP contribution in [0.15, 0.2) is 42.6 Å². The van der Waals surface area contributed by atoms with Gasteiger partial charge in [0.1, 0.15) is 13.6 Å². The largest absolute Gasteiger partial charge is 0.493 e. The van der Waals surface area contributed by atoms with E-state index in [1.54, 1.807) is 0 Å². The molecule has 5 nitrogen and oxygen atoms in total. The van der Waals surface area contributed by atoms with Crippen LogP contribution in [0.2, 0.25) is 0 Å². The van der Waals surface area contributed by atoms with Gasteiger partial charge in [0.15, 0.2) is 0 Å². The van der Waals surface area contributed by atoms with Crippen LogP contribution in [0.1, 0.15) is 23.7 Å². The minimum Gasteiger partial charge on any atom is -0.493 e. The van der Waals surface area contributed by atoms with E-state index < -0.39 is 15.8 Å². The first-order chi connectivity index (χ1) is 12.9. The third-order valence-electron chi connectivity index (χ3n) is 4.36. The molecule has 8 heteroatoms. The van der Waals surface area contributed by atoms with E-state index in [1.807, 2.05) is 36.5 Å². The highest BCUT2D eigenvalue weighted by Crippen LogP contribution is 2.36. The number of hydrogen-bond acceptors (Lipinski definition) is 5. The van der Waals surface area contributed by atoms with E-state index in [4.69, 9.17) is 20.6 Å². The van der Waals surface area contributed by atoms with Crippen molar-refractivity contribution in [2.45, 2.75) is 30.8 Å². The molecule has 2 aromatic rings. The summed E-state index contributed by atoms with van der Waals surface area (Å²) in [6, 6.07) is 11.4. The highest BCUT2D eigenvalue weighted by Gasteiger charge is 2.46. The van der Waals surface area contributed by atoms with E-state index in [0.29, 0.717) is 11.4 Å². The number of pyridine rings is 1. The van der Waals surface area contributed by atoms with E-state index in [9.17, 15) is 9.59 Å². The standard InChI is InChI=1S/C19H18B2N2O3S/c1-2-13-3-6-15(22-12-13)9-10-26-16-7-4-14(5-8-16)11-19(20)17(24)23(21)18(25)27-19/h3-8,12H,2,9-11H2,1H3/t19-/m1/s1. The highest BCUT2D eigenvalue weighted by atomic mass is 32.2. The van der Waals surface area contributed by atoms with Crippen molar-refractivity contribution >= 4 is 38.7 Å². The molecule has 1 aromatic heterocycles. The van der Waals surface area contributed by atoms with Crippen molar-refractivity contribution in [3.63, 3.8) is 0 Å². The third kappa shape index (κ3) is 4.56. The first-order valence-corrected chi connectivity index (χ1v) is 9.49. The number of carbonyl (C=O) groups is 2. The molecule has 134 valence electrons. The molecule has 27 heavy (non-hydrogen) atoms. The van der Waals surface area contributed by atoms with Crippen LogP contribution >= 0.6 is 11.8 Å². The fourth-order valence-electron chi connectivity index (χ4n) is 2.74. The fourth-order valence-corrected chi connectivity index (χ4v) is 3.66. The summed E-state index contributed by atoms with van der Waals surface area (Å²) in [6.45, 7) is 2.62. The number of benzene rings is 1. The summed E-state index contributed by atoms with van der Waals surface area (Å²) in [5.41, 5.74) is 3.03. The van der Waals surface area contributed by atoms with Crippen LogP contribution < -0.4 is 4.74 Å². The number of aryl methyl sites for hydroxylation is 1. The first-order valence-electron chi connectivity index (χ1n) is 8.68. The van der Waals surface area contributed by atoms with E-state index in [2.05, 4.69) is 18.0 Å². The van der Waals surface area contributed by atoms with E-state index in [1.165, 1.54) is 5.56 Å². The van der Waals surface area contributed by atoms with E-state index in [0.717, 1.165) is 41.6 Å². The van der Waals surface area contributed by atoms with Crippen LogP contribution in [0.5, 0.6) is 5.75 Å². The molecule has 0 bridgehead atoms. The van der Waals surface area contributed by atoms with Crippen molar-refractivity contribution in [1.29, 1.82) is 0 Å². The Morgan fingerprint density at radius 1 is 1.15 bits per heavy atom. The van der Waals surface area contributed by atoms with Gasteiger partial charge in [-0.1, -0.05) is 36.9 Å². The van der Waals surface area contributed by atoms with E-state index >= 15 is 0 Å². The van der Waals surface area contributed by atoms with Crippen molar-refractivity contribution in [2.24, 2.45) is 0 Å². The van der Waals surface area contributed by atoms with Crippen molar-refractivity contribution in [3.05, 3.63) is 59.4 Å². The number of nitrogens with zero attached hydrogens (tertiary/aromatic N) is 2. The Bertz CT molecular complexity index is 830. The molecular formula is C19H18B2N2O3S. The lowest BCUT2D eigenvalue weighted by Crippen LogP contribution is -2.40. The summed E-state index contributed by atoms with van der Waals surface area (Å²) in [5.74, 6) is 0.136. The number of ether oxygens (including phenoxy) is 1. The molecule has 3 rings (SSSR count). The second-order valence-corrected chi connectivity index (χ2v) is 7.65. The topological polar surface area (TPSA) is 59.5 Å². The molecule has 0 spiro atoms. The second-order valence-electron chi connectivity index (χ2n) is 6.36. The van der Waals surface area contributed by atoms with Crippen molar-refractivity contribution in [3.8, 4) is 5.75 Å². The number of hydrogen-bond donors (Lipinski definition) is 0. The zero-order valence-electron chi connectivity index (χ0n) is 15.1. The summed E-state index contributed by atoms with van der Waals surface area (Å²) < 4.78 is 4.39. The maximum atomic E-state index is 12.0. The van der Waals surface area contributed by atoms with Gasteiger partial charge in [-0.2, -0.15) is 0 Å². The Balaban J connectivity index is 1.53. The molecule has 0 saturated carbocycles. The zero-order valence-corrected chi connectivity index (χ0v) is 15.9. The van der Waals surface area contributed by atoms with E-state index in [-0.39, 0.29) is 6.42 Å². The Morgan fingerprint density at radius 3 is 2.41 bits per heavy atom. The number of amides is 2. The van der Waals surface area contributed by atoms with Crippen LogP contribution in [0, 0.1) is 0 Å². The summed E-state index contributed by atoms with van der Waals surface area (Å²) in [7, 11) is 11.5. The number of thioether (sulfide) groups is 1. The maximum absolute atomic E-state index is 12.0. The van der Waals surface area contributed by atoms with Crippen LogP contribution in [0.4, 0.5) is 4.79 Å². The third-order valence-corrected chi connectivity index (χ3v) is 5.41. The van der Waals surface area contributed by atoms with Gasteiger partial charge in [-0.15, -0.1) is 0 Å². The molecule has 2 amide bonds. The molecule has 1 saturated heterocycles. The Labute approximate surface area is 165 Å². The van der Waals surface area contributed by atoms with Crippen molar-refractivity contribution < 1.29 is 14.3 Å². The van der Waals surface area contributed by atoms with Crippen LogP contribution in [-0.4, -0.2) is 48.0 Å². The lowest BCUT2D eigenvalue weighted by atomic mass is 9.79. The lowest BCUT2D eigenvalue weighted by Gasteiger charge is -2.20. The van der Waals surface area contributed by atoms with Crippen molar-refractivity contribution in [2.75, 3.05) is 6.61 Å². The van der Waals surface area contributed by atoms with Crippen molar-refractivity contribution in [1.82, 2.24) is 9.79 Å². The molecule has 1 aliphatic heterocycles. The van der Waals surface area contributed by atoms with Gasteiger partial charge in [0, 0.05) is 18.3 Å². The smallest absolute Gasteiger partial charge is 0.275 e. The summed E-state index contributed by atoms with van der Waals surface area (Å²) >= 11 is 0.749. The molecule has 0 unspecified atom stereocenters. The summed E-state index contributed by atoms with van der Waals surface area (Å²) in [5, 5.41) is -0.539. The van der Waals surface area contributed by atoms with Gasteiger partial charge in [0.2, 0.25) is 13.9 Å². The Kier molecular flexibility index (Phi) is 5.95. The van der Waals surface area contributed by atoms with Gasteiger partial charge >= 0.3 is 0 Å². The van der Waals surface area contributed by atoms with Gasteiger partial charge in [-0.25, -0.2) is 0 Å². The van der Waals surface area contributed by atoms with Gasteiger partial charge in [-0.05, 0) is 42.2 Å². The van der Waals surface area contributed by atoms with Gasteiger partial charge in [-0.3, -0.25) is 14.6 Å². The maximum Gasteiger partial charge on any atom is 0.275 e. The summed E-state index contributed by atoms with van der Waals surface area (Å²) in [4.78, 5) is 28.6. The minimum absolute atomic E-state index is 0.212. The summed E-state index contributed by atoms with van der Waals surface area (Å²) in [6.07, 6.45) is 3.80. The van der Waals surface area contributed by atoms with Crippen LogP contribution in [0.25, 0.3) is 0 Å². The molecule has 4 radical (unpaired) electrons. The average molecular weight is 376 g/mol. The van der Waals surface area contributed by atoms with Gasteiger partial charge in [0.25, 0.3) is 5.24 Å². The quantitative estimate of drug-likeness (QED) is 0.695. The van der Waals surface area contributed by atoms with Gasteiger partial charge in [0.05, 0.1) is 11.3 Å². The molecule has 2 heterocycles. The molecule has 0 N–H and O–H groups in total. The Morgan fingerprint density at radius 2 is 1.85 bits per heavy atom. The highest BCUT2D eigenvalue weighted by molar-refractivity contribution is 8.17. The second kappa shape index (κ2) is 8.21. The predicted octanol–water partition coefficient (Wildman–Crippen LogP) is 2.45. The number of aromatic nitrogens is 1. The Hall–Kier alpha value is -2.21. The molecule has 0 aliphatic carbocycles.